The van der Waals surface area contributed by atoms with E-state index in [1.807, 2.05) is 26.2 Å². The van der Waals surface area contributed by atoms with Gasteiger partial charge in [-0.3, -0.25) is 0 Å². The molecule has 0 radical (unpaired) electrons. The molecule has 2 aromatic rings. The van der Waals surface area contributed by atoms with Gasteiger partial charge in [0.1, 0.15) is 0 Å². The number of allylic oxidation sites excluding steroid dienone is 1. The fourth-order valence-corrected chi connectivity index (χ4v) is 3.54. The summed E-state index contributed by atoms with van der Waals surface area (Å²) in [5, 5.41) is 4.27. The van der Waals surface area contributed by atoms with E-state index in [1.54, 1.807) is 6.21 Å². The Bertz CT molecular complexity index is 900. The summed E-state index contributed by atoms with van der Waals surface area (Å²) in [6.07, 6.45) is 7.93. The van der Waals surface area contributed by atoms with E-state index in [2.05, 4.69) is 59.5 Å². The molecule has 0 saturated carbocycles. The number of hydrogen-bond acceptors (Lipinski definition) is 9. The minimum Gasteiger partial charge on any atom is -0.378 e. The van der Waals surface area contributed by atoms with E-state index in [0.717, 1.165) is 31.7 Å². The van der Waals surface area contributed by atoms with E-state index in [-0.39, 0.29) is 0 Å². The number of nitrogens with one attached hydrogen (secondary N) is 1. The van der Waals surface area contributed by atoms with Gasteiger partial charge in [-0.2, -0.15) is 20.1 Å². The predicted molar refractivity (Wildman–Crippen MR) is 126 cm³/mol. The Morgan fingerprint density at radius 3 is 2.23 bits per heavy atom. The van der Waals surface area contributed by atoms with E-state index in [9.17, 15) is 0 Å². The lowest BCUT2D eigenvalue weighted by Crippen LogP contribution is -2.38. The molecular formula is C22H30N8O. The summed E-state index contributed by atoms with van der Waals surface area (Å²) in [6.45, 7) is 4.89. The smallest absolute Gasteiger partial charge is 0.250 e. The van der Waals surface area contributed by atoms with Crippen LogP contribution in [0.5, 0.6) is 0 Å². The highest BCUT2D eigenvalue weighted by molar-refractivity contribution is 5.78. The molecule has 0 spiro atoms. The monoisotopic (exact) mass is 422 g/mol. The molecule has 9 heteroatoms. The number of hydrogen-bond donors (Lipinski definition) is 1. The van der Waals surface area contributed by atoms with Crippen molar-refractivity contribution in [3.05, 3.63) is 35.9 Å². The van der Waals surface area contributed by atoms with Crippen LogP contribution in [-0.2, 0) is 4.74 Å². The number of nitrogens with zero attached hydrogens (tertiary/aromatic N) is 7. The molecule has 0 aliphatic carbocycles. The first-order valence-electron chi connectivity index (χ1n) is 10.8. The third-order valence-corrected chi connectivity index (χ3v) is 5.32. The minimum atomic E-state index is 0.457. The Morgan fingerprint density at radius 1 is 0.935 bits per heavy atom. The van der Waals surface area contributed by atoms with Crippen LogP contribution in [0, 0.1) is 0 Å². The fraction of sp³-hybridized carbons (Fsp3) is 0.455. The maximum Gasteiger partial charge on any atom is 0.250 e. The van der Waals surface area contributed by atoms with Crippen molar-refractivity contribution in [2.24, 2.45) is 5.10 Å². The van der Waals surface area contributed by atoms with Crippen molar-refractivity contribution in [3.63, 3.8) is 0 Å². The second-order valence-electron chi connectivity index (χ2n) is 7.79. The third kappa shape index (κ3) is 5.69. The summed E-state index contributed by atoms with van der Waals surface area (Å²) >= 11 is 0. The van der Waals surface area contributed by atoms with Crippen LogP contribution < -0.4 is 20.1 Å². The first-order valence-corrected chi connectivity index (χ1v) is 10.8. The molecule has 9 nitrogen and oxygen atoms in total. The number of rotatable bonds is 7. The molecule has 0 atom stereocenters. The second-order valence-corrected chi connectivity index (χ2v) is 7.79. The Balaban J connectivity index is 1.43. The van der Waals surface area contributed by atoms with Gasteiger partial charge in [-0.25, -0.2) is 5.43 Å². The predicted octanol–water partition coefficient (Wildman–Crippen LogP) is 2.49. The lowest BCUT2D eigenvalue weighted by atomic mass is 10.2. The number of benzene rings is 1. The van der Waals surface area contributed by atoms with E-state index in [0.29, 0.717) is 31.1 Å². The zero-order valence-electron chi connectivity index (χ0n) is 18.2. The molecule has 1 aromatic carbocycles. The highest BCUT2D eigenvalue weighted by atomic mass is 16.5. The van der Waals surface area contributed by atoms with Crippen molar-refractivity contribution in [2.75, 3.05) is 73.6 Å². The maximum absolute atomic E-state index is 5.46. The zero-order chi connectivity index (χ0) is 21.5. The Morgan fingerprint density at radius 2 is 1.58 bits per heavy atom. The van der Waals surface area contributed by atoms with Gasteiger partial charge >= 0.3 is 0 Å². The molecule has 0 bridgehead atoms. The van der Waals surface area contributed by atoms with E-state index >= 15 is 0 Å². The van der Waals surface area contributed by atoms with Crippen LogP contribution >= 0.6 is 0 Å². The molecule has 1 aromatic heterocycles. The van der Waals surface area contributed by atoms with Crippen molar-refractivity contribution in [3.8, 4) is 0 Å². The standard InChI is InChI=1S/C22H30N8O/c1-28(2)19-9-7-18(8-10-19)6-5-11-23-27-20-24-21(29-12-3-4-13-29)26-22(25-20)30-14-16-31-17-15-30/h5-11H,3-4,12-17H2,1-2H3,(H,24,25,26,27). The molecule has 0 amide bonds. The van der Waals surface area contributed by atoms with Crippen molar-refractivity contribution < 1.29 is 4.74 Å². The topological polar surface area (TPSA) is 82.0 Å². The lowest BCUT2D eigenvalue weighted by molar-refractivity contribution is 0.122. The van der Waals surface area contributed by atoms with Gasteiger partial charge in [-0.1, -0.05) is 18.2 Å². The molecule has 31 heavy (non-hydrogen) atoms. The normalized spacial score (nSPS) is 17.1. The first-order chi connectivity index (χ1) is 15.2. The van der Waals surface area contributed by atoms with Crippen LogP contribution in [0.2, 0.25) is 0 Å². The third-order valence-electron chi connectivity index (χ3n) is 5.32. The van der Waals surface area contributed by atoms with Gasteiger partial charge in [0.25, 0.3) is 0 Å². The minimum absolute atomic E-state index is 0.457. The molecule has 1 N–H and O–H groups in total. The van der Waals surface area contributed by atoms with Crippen molar-refractivity contribution in [2.45, 2.75) is 12.8 Å². The summed E-state index contributed by atoms with van der Waals surface area (Å²) < 4.78 is 5.46. The van der Waals surface area contributed by atoms with Crippen molar-refractivity contribution >= 4 is 35.8 Å². The van der Waals surface area contributed by atoms with Gasteiger partial charge in [0.05, 0.1) is 13.2 Å². The highest BCUT2D eigenvalue weighted by Gasteiger charge is 2.21. The summed E-state index contributed by atoms with van der Waals surface area (Å²) in [4.78, 5) is 20.3. The van der Waals surface area contributed by atoms with E-state index in [1.165, 1.54) is 18.5 Å². The quantitative estimate of drug-likeness (QED) is 0.538. The Labute approximate surface area is 183 Å². The number of anilines is 4. The van der Waals surface area contributed by atoms with Crippen molar-refractivity contribution in [1.82, 2.24) is 15.0 Å². The fourth-order valence-electron chi connectivity index (χ4n) is 3.54. The van der Waals surface area contributed by atoms with Gasteiger partial charge in [0.2, 0.25) is 17.8 Å². The van der Waals surface area contributed by atoms with Crippen LogP contribution in [0.1, 0.15) is 18.4 Å². The van der Waals surface area contributed by atoms with Crippen LogP contribution in [0.25, 0.3) is 6.08 Å². The summed E-state index contributed by atoms with van der Waals surface area (Å²) in [5.41, 5.74) is 5.25. The SMILES string of the molecule is CN(C)c1ccc(C=CC=NNc2nc(N3CCCC3)nc(N3CCOCC3)n2)cc1. The number of hydrazone groups is 1. The van der Waals surface area contributed by atoms with E-state index < -0.39 is 0 Å². The van der Waals surface area contributed by atoms with Crippen molar-refractivity contribution in [1.29, 1.82) is 0 Å². The van der Waals surface area contributed by atoms with Gasteiger partial charge in [0, 0.05) is 52.2 Å². The summed E-state index contributed by atoms with van der Waals surface area (Å²) in [7, 11) is 4.06. The molecule has 2 aliphatic heterocycles. The van der Waals surface area contributed by atoms with Crippen LogP contribution in [-0.4, -0.2) is 74.7 Å². The molecule has 0 unspecified atom stereocenters. The molecule has 2 aliphatic rings. The molecule has 3 heterocycles. The summed E-state index contributed by atoms with van der Waals surface area (Å²) in [6, 6.07) is 8.34. The second kappa shape index (κ2) is 10.2. The van der Waals surface area contributed by atoms with Gasteiger partial charge in [0.15, 0.2) is 0 Å². The Kier molecular flexibility index (Phi) is 6.93. The first kappa shape index (κ1) is 21.0. The average Bonchev–Trinajstić information content (AvgIpc) is 3.35. The van der Waals surface area contributed by atoms with Gasteiger partial charge in [-0.05, 0) is 36.6 Å². The molecule has 164 valence electrons. The Hall–Kier alpha value is -3.20. The largest absolute Gasteiger partial charge is 0.378 e. The van der Waals surface area contributed by atoms with E-state index in [4.69, 9.17) is 9.72 Å². The van der Waals surface area contributed by atoms with Gasteiger partial charge < -0.3 is 19.4 Å². The molecular weight excluding hydrogens is 392 g/mol. The zero-order valence-corrected chi connectivity index (χ0v) is 18.2. The number of ether oxygens (including phenoxy) is 1. The highest BCUT2D eigenvalue weighted by Crippen LogP contribution is 2.21. The number of aromatic nitrogens is 3. The van der Waals surface area contributed by atoms with Crippen LogP contribution in [0.15, 0.2) is 35.4 Å². The molecule has 2 fully saturated rings. The lowest BCUT2D eigenvalue weighted by Gasteiger charge is -2.27. The maximum atomic E-state index is 5.46. The summed E-state index contributed by atoms with van der Waals surface area (Å²) in [5.74, 6) is 1.84. The van der Waals surface area contributed by atoms with Gasteiger partial charge in [-0.15, -0.1) is 0 Å². The van der Waals surface area contributed by atoms with Crippen LogP contribution in [0.3, 0.4) is 0 Å². The van der Waals surface area contributed by atoms with Crippen LogP contribution in [0.4, 0.5) is 23.5 Å². The molecule has 2 saturated heterocycles. The molecule has 4 rings (SSSR count). The number of morpholine rings is 1. The average molecular weight is 423 g/mol.